The van der Waals surface area contributed by atoms with Gasteiger partial charge in [-0.1, -0.05) is 24.6 Å². The lowest BCUT2D eigenvalue weighted by molar-refractivity contribution is 0.222. The maximum atomic E-state index is 6.01. The first-order valence-electron chi connectivity index (χ1n) is 10.2. The van der Waals surface area contributed by atoms with Gasteiger partial charge in [0.1, 0.15) is 23.5 Å². The highest BCUT2D eigenvalue weighted by molar-refractivity contribution is 14.0. The van der Waals surface area contributed by atoms with Gasteiger partial charge in [0.05, 0.1) is 6.54 Å². The van der Waals surface area contributed by atoms with Gasteiger partial charge in [0.15, 0.2) is 5.96 Å². The maximum Gasteiger partial charge on any atom is 0.191 e. The summed E-state index contributed by atoms with van der Waals surface area (Å²) in [5, 5.41) is 15.4. The first kappa shape index (κ1) is 23.4. The van der Waals surface area contributed by atoms with Gasteiger partial charge in [0, 0.05) is 33.0 Å². The van der Waals surface area contributed by atoms with E-state index >= 15 is 0 Å². The summed E-state index contributed by atoms with van der Waals surface area (Å²) in [5.74, 6) is 3.90. The van der Waals surface area contributed by atoms with Gasteiger partial charge < -0.3 is 19.9 Å². The van der Waals surface area contributed by atoms with E-state index in [4.69, 9.17) is 4.74 Å². The van der Waals surface area contributed by atoms with Crippen molar-refractivity contribution in [3.63, 3.8) is 0 Å². The maximum absolute atomic E-state index is 6.01. The molecule has 29 heavy (non-hydrogen) atoms. The van der Waals surface area contributed by atoms with Gasteiger partial charge >= 0.3 is 0 Å². The first-order valence-corrected chi connectivity index (χ1v) is 10.2. The molecule has 0 fully saturated rings. The van der Waals surface area contributed by atoms with E-state index in [-0.39, 0.29) is 30.1 Å². The topological polar surface area (TPSA) is 76.4 Å². The number of hydrogen-bond acceptors (Lipinski definition) is 4. The fourth-order valence-electron chi connectivity index (χ4n) is 3.43. The highest BCUT2D eigenvalue weighted by atomic mass is 127. The van der Waals surface area contributed by atoms with Crippen LogP contribution in [0.2, 0.25) is 0 Å². The largest absolute Gasteiger partial charge is 0.489 e. The van der Waals surface area contributed by atoms with Gasteiger partial charge in [-0.25, -0.2) is 0 Å². The van der Waals surface area contributed by atoms with Crippen LogP contribution in [0.4, 0.5) is 0 Å². The lowest BCUT2D eigenvalue weighted by atomic mass is 10.2. The van der Waals surface area contributed by atoms with Gasteiger partial charge in [-0.15, -0.1) is 34.2 Å². The molecule has 160 valence electrons. The minimum Gasteiger partial charge on any atom is -0.489 e. The summed E-state index contributed by atoms with van der Waals surface area (Å²) in [6.45, 7) is 6.59. The SMILES string of the molecule is CN=C(NCCc1nnc2n1CCCCC2)NCC(C)Oc1ccccc1C.I. The van der Waals surface area contributed by atoms with Crippen LogP contribution in [-0.4, -0.2) is 47.0 Å². The zero-order valence-electron chi connectivity index (χ0n) is 17.6. The van der Waals surface area contributed by atoms with Crippen molar-refractivity contribution in [2.75, 3.05) is 20.1 Å². The summed E-state index contributed by atoms with van der Waals surface area (Å²) in [7, 11) is 1.78. The number of guanidine groups is 1. The van der Waals surface area contributed by atoms with Gasteiger partial charge in [0.2, 0.25) is 0 Å². The van der Waals surface area contributed by atoms with Crippen molar-refractivity contribution in [2.45, 2.75) is 58.6 Å². The molecule has 8 heteroatoms. The molecule has 1 aliphatic rings. The van der Waals surface area contributed by atoms with E-state index in [2.05, 4.69) is 50.3 Å². The van der Waals surface area contributed by atoms with E-state index in [0.29, 0.717) is 6.54 Å². The van der Waals surface area contributed by atoms with Crippen molar-refractivity contribution in [3.05, 3.63) is 41.5 Å². The van der Waals surface area contributed by atoms with Gasteiger partial charge in [-0.05, 0) is 38.3 Å². The summed E-state index contributed by atoms with van der Waals surface area (Å²) < 4.78 is 8.31. The minimum absolute atomic E-state index is 0. The minimum atomic E-state index is 0. The molecule has 0 amide bonds. The number of fused-ring (bicyclic) bond motifs is 1. The number of nitrogens with zero attached hydrogens (tertiary/aromatic N) is 4. The molecule has 2 aromatic rings. The van der Waals surface area contributed by atoms with Crippen molar-refractivity contribution in [1.82, 2.24) is 25.4 Å². The summed E-state index contributed by atoms with van der Waals surface area (Å²) in [6.07, 6.45) is 5.63. The number of benzene rings is 1. The van der Waals surface area contributed by atoms with Crippen molar-refractivity contribution in [3.8, 4) is 5.75 Å². The van der Waals surface area contributed by atoms with Crippen LogP contribution in [0.1, 0.15) is 43.4 Å². The third-order valence-corrected chi connectivity index (χ3v) is 5.03. The van der Waals surface area contributed by atoms with E-state index in [0.717, 1.165) is 54.9 Å². The molecule has 0 aliphatic carbocycles. The third-order valence-electron chi connectivity index (χ3n) is 5.03. The molecule has 0 radical (unpaired) electrons. The first-order chi connectivity index (χ1) is 13.7. The Balaban J connectivity index is 0.00000300. The van der Waals surface area contributed by atoms with Crippen LogP contribution in [0.15, 0.2) is 29.3 Å². The fraction of sp³-hybridized carbons (Fsp3) is 0.571. The molecular formula is C21H33IN6O. The third kappa shape index (κ3) is 6.87. The van der Waals surface area contributed by atoms with E-state index in [9.17, 15) is 0 Å². The number of aliphatic imine (C=N–C) groups is 1. The number of rotatable bonds is 7. The average molecular weight is 512 g/mol. The van der Waals surface area contributed by atoms with Gasteiger partial charge in [-0.2, -0.15) is 0 Å². The molecule has 3 rings (SSSR count). The van der Waals surface area contributed by atoms with Crippen LogP contribution >= 0.6 is 24.0 Å². The number of para-hydroxylation sites is 1. The van der Waals surface area contributed by atoms with Crippen molar-refractivity contribution in [2.24, 2.45) is 4.99 Å². The van der Waals surface area contributed by atoms with E-state index in [1.807, 2.05) is 18.2 Å². The zero-order valence-corrected chi connectivity index (χ0v) is 20.0. The second kappa shape index (κ2) is 12.0. The molecule has 2 heterocycles. The summed E-state index contributed by atoms with van der Waals surface area (Å²) >= 11 is 0. The van der Waals surface area contributed by atoms with Gasteiger partial charge in [0.25, 0.3) is 0 Å². The Morgan fingerprint density at radius 2 is 2.03 bits per heavy atom. The van der Waals surface area contributed by atoms with Crippen LogP contribution in [0, 0.1) is 6.92 Å². The van der Waals surface area contributed by atoms with Crippen LogP contribution in [0.25, 0.3) is 0 Å². The predicted octanol–water partition coefficient (Wildman–Crippen LogP) is 3.11. The number of aromatic nitrogens is 3. The standard InChI is InChI=1S/C21H32N6O.HI/c1-16-9-6-7-10-18(16)28-17(2)15-24-21(22-3)23-13-12-20-26-25-19-11-5-4-8-14-27(19)20;/h6-7,9-10,17H,4-5,8,11-15H2,1-3H3,(H2,22,23,24);1H. The fourth-order valence-corrected chi connectivity index (χ4v) is 3.43. The van der Waals surface area contributed by atoms with E-state index in [1.165, 1.54) is 19.3 Å². The lowest BCUT2D eigenvalue weighted by Gasteiger charge is -2.18. The zero-order chi connectivity index (χ0) is 19.8. The number of nitrogens with one attached hydrogen (secondary N) is 2. The Bertz CT molecular complexity index is 791. The molecule has 1 unspecified atom stereocenters. The van der Waals surface area contributed by atoms with E-state index < -0.39 is 0 Å². The van der Waals surface area contributed by atoms with Crippen LogP contribution < -0.4 is 15.4 Å². The molecule has 2 N–H and O–H groups in total. The number of aryl methyl sites for hydroxylation is 2. The highest BCUT2D eigenvalue weighted by Gasteiger charge is 2.14. The van der Waals surface area contributed by atoms with Crippen molar-refractivity contribution in [1.29, 1.82) is 0 Å². The molecule has 0 bridgehead atoms. The lowest BCUT2D eigenvalue weighted by Crippen LogP contribution is -2.42. The second-order valence-electron chi connectivity index (χ2n) is 7.32. The normalized spacial score (nSPS) is 14.9. The molecule has 1 aliphatic heterocycles. The average Bonchev–Trinajstić information content (AvgIpc) is 2.92. The second-order valence-corrected chi connectivity index (χ2v) is 7.32. The molecule has 0 saturated heterocycles. The predicted molar refractivity (Wildman–Crippen MR) is 127 cm³/mol. The Morgan fingerprint density at radius 3 is 2.83 bits per heavy atom. The molecule has 1 aromatic heterocycles. The van der Waals surface area contributed by atoms with Crippen LogP contribution in [-0.2, 0) is 19.4 Å². The molecule has 1 atom stereocenters. The number of ether oxygens (including phenoxy) is 1. The Morgan fingerprint density at radius 1 is 1.21 bits per heavy atom. The highest BCUT2D eigenvalue weighted by Crippen LogP contribution is 2.17. The Hall–Kier alpha value is -1.84. The number of halogens is 1. The summed E-state index contributed by atoms with van der Waals surface area (Å²) in [6, 6.07) is 8.07. The van der Waals surface area contributed by atoms with E-state index in [1.54, 1.807) is 7.05 Å². The summed E-state index contributed by atoms with van der Waals surface area (Å²) in [4.78, 5) is 4.30. The molecule has 1 aromatic carbocycles. The van der Waals surface area contributed by atoms with Crippen molar-refractivity contribution < 1.29 is 4.74 Å². The van der Waals surface area contributed by atoms with Crippen molar-refractivity contribution >= 4 is 29.9 Å². The molecule has 7 nitrogen and oxygen atoms in total. The van der Waals surface area contributed by atoms with Crippen LogP contribution in [0.3, 0.4) is 0 Å². The smallest absolute Gasteiger partial charge is 0.191 e. The molecular weight excluding hydrogens is 479 g/mol. The monoisotopic (exact) mass is 512 g/mol. The Labute approximate surface area is 190 Å². The molecule has 0 spiro atoms. The molecule has 0 saturated carbocycles. The number of hydrogen-bond donors (Lipinski definition) is 2. The van der Waals surface area contributed by atoms with Crippen LogP contribution in [0.5, 0.6) is 5.75 Å². The summed E-state index contributed by atoms with van der Waals surface area (Å²) in [5.41, 5.74) is 1.14. The quantitative estimate of drug-likeness (QED) is 0.339. The van der Waals surface area contributed by atoms with Gasteiger partial charge in [-0.3, -0.25) is 4.99 Å². The Kier molecular flexibility index (Phi) is 9.69.